The predicted octanol–water partition coefficient (Wildman–Crippen LogP) is 3.63. The first kappa shape index (κ1) is 21.5. The number of benzene rings is 1. The van der Waals surface area contributed by atoms with Crippen LogP contribution in [0.5, 0.6) is 11.5 Å². The van der Waals surface area contributed by atoms with Gasteiger partial charge in [0.1, 0.15) is 17.1 Å². The standard InChI is InChI=1S/C23H22N4O4S/c1-3-30-19-11-16(6-7-18(19)31-14-15-5-4-9-24-12-15)23(29)27(2)13-20-25-17-8-10-32-21(17)22(28)26-20/h4-12H,3,13-14H2,1-2H3,(H,25,26,28). The van der Waals surface area contributed by atoms with Crippen LogP contribution >= 0.6 is 11.3 Å². The molecule has 1 aromatic carbocycles. The summed E-state index contributed by atoms with van der Waals surface area (Å²) in [4.78, 5) is 37.9. The quantitative estimate of drug-likeness (QED) is 0.440. The van der Waals surface area contributed by atoms with Gasteiger partial charge in [-0.2, -0.15) is 0 Å². The minimum Gasteiger partial charge on any atom is -0.490 e. The van der Waals surface area contributed by atoms with Crippen LogP contribution in [0.25, 0.3) is 10.2 Å². The fourth-order valence-electron chi connectivity index (χ4n) is 3.19. The van der Waals surface area contributed by atoms with Gasteiger partial charge >= 0.3 is 0 Å². The van der Waals surface area contributed by atoms with Crippen LogP contribution in [0.15, 0.2) is 59.0 Å². The molecule has 0 saturated heterocycles. The van der Waals surface area contributed by atoms with Crippen LogP contribution in [0.4, 0.5) is 0 Å². The molecule has 3 aromatic heterocycles. The number of nitrogens with one attached hydrogen (secondary N) is 1. The summed E-state index contributed by atoms with van der Waals surface area (Å²) >= 11 is 1.34. The normalized spacial score (nSPS) is 10.8. The van der Waals surface area contributed by atoms with Gasteiger partial charge in [-0.15, -0.1) is 11.3 Å². The summed E-state index contributed by atoms with van der Waals surface area (Å²) in [7, 11) is 1.66. The Labute approximate surface area is 188 Å². The highest BCUT2D eigenvalue weighted by atomic mass is 32.1. The van der Waals surface area contributed by atoms with E-state index in [4.69, 9.17) is 9.47 Å². The molecule has 0 atom stereocenters. The third-order valence-corrected chi connectivity index (χ3v) is 5.61. The first-order valence-electron chi connectivity index (χ1n) is 10.1. The maximum atomic E-state index is 13.0. The maximum absolute atomic E-state index is 13.0. The molecule has 0 radical (unpaired) electrons. The fraction of sp³-hybridized carbons (Fsp3) is 0.217. The molecule has 0 fully saturated rings. The molecule has 9 heteroatoms. The van der Waals surface area contributed by atoms with Gasteiger partial charge in [-0.1, -0.05) is 6.07 Å². The number of hydrogen-bond acceptors (Lipinski definition) is 7. The fourth-order valence-corrected chi connectivity index (χ4v) is 3.91. The number of carbonyl (C=O) groups is 1. The number of rotatable bonds is 8. The van der Waals surface area contributed by atoms with Gasteiger partial charge in [0.25, 0.3) is 11.5 Å². The van der Waals surface area contributed by atoms with Crippen molar-refractivity contribution in [2.75, 3.05) is 13.7 Å². The van der Waals surface area contributed by atoms with Gasteiger partial charge in [0.05, 0.1) is 18.7 Å². The zero-order valence-electron chi connectivity index (χ0n) is 17.7. The van der Waals surface area contributed by atoms with Crippen molar-refractivity contribution in [3.63, 3.8) is 0 Å². The number of pyridine rings is 1. The second-order valence-electron chi connectivity index (χ2n) is 7.05. The van der Waals surface area contributed by atoms with Crippen LogP contribution in [0.1, 0.15) is 28.7 Å². The summed E-state index contributed by atoms with van der Waals surface area (Å²) in [6.07, 6.45) is 3.44. The second-order valence-corrected chi connectivity index (χ2v) is 7.97. The van der Waals surface area contributed by atoms with E-state index in [-0.39, 0.29) is 18.0 Å². The number of fused-ring (bicyclic) bond motifs is 1. The highest BCUT2D eigenvalue weighted by molar-refractivity contribution is 7.17. The molecular formula is C23H22N4O4S. The molecule has 0 aliphatic rings. The molecule has 8 nitrogen and oxygen atoms in total. The Bertz CT molecular complexity index is 1290. The molecular weight excluding hydrogens is 428 g/mol. The minimum atomic E-state index is -0.224. The van der Waals surface area contributed by atoms with Crippen LogP contribution in [-0.2, 0) is 13.2 Å². The van der Waals surface area contributed by atoms with Gasteiger partial charge in [0.15, 0.2) is 11.5 Å². The molecule has 4 rings (SSSR count). The van der Waals surface area contributed by atoms with Gasteiger partial charge in [-0.25, -0.2) is 4.98 Å². The molecule has 3 heterocycles. The Morgan fingerprint density at radius 3 is 2.84 bits per heavy atom. The third-order valence-electron chi connectivity index (χ3n) is 4.71. The average molecular weight is 451 g/mol. The van der Waals surface area contributed by atoms with Crippen LogP contribution in [0.3, 0.4) is 0 Å². The van der Waals surface area contributed by atoms with E-state index in [9.17, 15) is 9.59 Å². The Hall–Kier alpha value is -3.72. The Morgan fingerprint density at radius 1 is 1.19 bits per heavy atom. The SMILES string of the molecule is CCOc1cc(C(=O)N(C)Cc2nc3ccsc3c(=O)[nH]2)ccc1OCc1cccnc1. The number of amides is 1. The summed E-state index contributed by atoms with van der Waals surface area (Å²) in [5.74, 6) is 1.24. The highest BCUT2D eigenvalue weighted by Gasteiger charge is 2.17. The van der Waals surface area contributed by atoms with Crippen LogP contribution < -0.4 is 15.0 Å². The number of H-pyrrole nitrogens is 1. The smallest absolute Gasteiger partial charge is 0.268 e. The van der Waals surface area contributed by atoms with Crippen molar-refractivity contribution in [2.24, 2.45) is 0 Å². The average Bonchev–Trinajstić information content (AvgIpc) is 3.28. The van der Waals surface area contributed by atoms with Crippen molar-refractivity contribution in [1.29, 1.82) is 0 Å². The number of thiophene rings is 1. The lowest BCUT2D eigenvalue weighted by Gasteiger charge is -2.18. The van der Waals surface area contributed by atoms with Gasteiger partial charge in [0.2, 0.25) is 0 Å². The molecule has 0 aliphatic heterocycles. The van der Waals surface area contributed by atoms with E-state index >= 15 is 0 Å². The number of ether oxygens (including phenoxy) is 2. The van der Waals surface area contributed by atoms with E-state index in [1.165, 1.54) is 16.2 Å². The first-order valence-corrected chi connectivity index (χ1v) is 10.9. The Morgan fingerprint density at radius 2 is 2.06 bits per heavy atom. The van der Waals surface area contributed by atoms with Crippen LogP contribution in [0.2, 0.25) is 0 Å². The van der Waals surface area contributed by atoms with E-state index in [1.54, 1.807) is 43.7 Å². The summed E-state index contributed by atoms with van der Waals surface area (Å²) < 4.78 is 12.1. The minimum absolute atomic E-state index is 0.170. The van der Waals surface area contributed by atoms with E-state index in [0.717, 1.165) is 5.56 Å². The van der Waals surface area contributed by atoms with E-state index in [1.807, 2.05) is 24.4 Å². The lowest BCUT2D eigenvalue weighted by atomic mass is 10.1. The van der Waals surface area contributed by atoms with E-state index < -0.39 is 0 Å². The number of aromatic amines is 1. The number of hydrogen-bond donors (Lipinski definition) is 1. The zero-order valence-corrected chi connectivity index (χ0v) is 18.5. The van der Waals surface area contributed by atoms with Crippen molar-refractivity contribution in [1.82, 2.24) is 19.9 Å². The van der Waals surface area contributed by atoms with E-state index in [2.05, 4.69) is 15.0 Å². The molecule has 0 unspecified atom stereocenters. The lowest BCUT2D eigenvalue weighted by Crippen LogP contribution is -2.28. The second kappa shape index (κ2) is 9.61. The molecule has 164 valence electrons. The maximum Gasteiger partial charge on any atom is 0.268 e. The van der Waals surface area contributed by atoms with Crippen molar-refractivity contribution >= 4 is 27.5 Å². The van der Waals surface area contributed by atoms with Crippen molar-refractivity contribution in [3.8, 4) is 11.5 Å². The molecule has 32 heavy (non-hydrogen) atoms. The number of nitrogens with zero attached hydrogens (tertiary/aromatic N) is 3. The molecule has 1 amide bonds. The van der Waals surface area contributed by atoms with Crippen molar-refractivity contribution in [2.45, 2.75) is 20.1 Å². The molecule has 1 N–H and O–H groups in total. The Kier molecular flexibility index (Phi) is 6.46. The number of carbonyl (C=O) groups excluding carboxylic acids is 1. The topological polar surface area (TPSA) is 97.4 Å². The van der Waals surface area contributed by atoms with Gasteiger partial charge in [-0.3, -0.25) is 14.6 Å². The Balaban J connectivity index is 1.50. The third kappa shape index (κ3) is 4.78. The molecule has 4 aromatic rings. The highest BCUT2D eigenvalue weighted by Crippen LogP contribution is 2.30. The monoisotopic (exact) mass is 450 g/mol. The lowest BCUT2D eigenvalue weighted by molar-refractivity contribution is 0.0781. The molecule has 0 saturated carbocycles. The number of aromatic nitrogens is 3. The van der Waals surface area contributed by atoms with Crippen LogP contribution in [0, 0.1) is 0 Å². The predicted molar refractivity (Wildman–Crippen MR) is 122 cm³/mol. The van der Waals surface area contributed by atoms with Crippen molar-refractivity contribution < 1.29 is 14.3 Å². The molecule has 0 spiro atoms. The summed E-state index contributed by atoms with van der Waals surface area (Å²) in [5, 5.41) is 1.82. The zero-order chi connectivity index (χ0) is 22.5. The van der Waals surface area contributed by atoms with Gasteiger partial charge in [0, 0.05) is 30.6 Å². The molecule has 0 bridgehead atoms. The first-order chi connectivity index (χ1) is 15.5. The molecule has 0 aliphatic carbocycles. The van der Waals surface area contributed by atoms with Gasteiger partial charge < -0.3 is 19.4 Å². The largest absolute Gasteiger partial charge is 0.490 e. The van der Waals surface area contributed by atoms with E-state index in [0.29, 0.717) is 46.3 Å². The summed E-state index contributed by atoms with van der Waals surface area (Å²) in [5.41, 5.74) is 1.81. The van der Waals surface area contributed by atoms with Gasteiger partial charge in [-0.05, 0) is 42.6 Å². The summed E-state index contributed by atoms with van der Waals surface area (Å²) in [6, 6.07) is 10.6. The summed E-state index contributed by atoms with van der Waals surface area (Å²) in [6.45, 7) is 2.81. The van der Waals surface area contributed by atoms with Crippen LogP contribution in [-0.4, -0.2) is 39.4 Å². The van der Waals surface area contributed by atoms with Crippen molar-refractivity contribution in [3.05, 3.63) is 81.5 Å².